The van der Waals surface area contributed by atoms with E-state index in [0.717, 1.165) is 22.7 Å². The maximum Gasteiger partial charge on any atom is 0.485 e. The third-order valence-electron chi connectivity index (χ3n) is 4.18. The van der Waals surface area contributed by atoms with Crippen molar-refractivity contribution in [3.63, 3.8) is 0 Å². The number of anilines is 4. The maximum atomic E-state index is 10.7. The first kappa shape index (κ1) is 32.5. The lowest BCUT2D eigenvalue weighted by Gasteiger charge is -2.25. The Morgan fingerprint density at radius 2 is 0.974 bits per heavy atom. The van der Waals surface area contributed by atoms with Crippen molar-refractivity contribution in [2.75, 3.05) is 10.6 Å². The van der Waals surface area contributed by atoms with Crippen LogP contribution in [0.25, 0.3) is 0 Å². The lowest BCUT2D eigenvalue weighted by Crippen LogP contribution is -2.27. The zero-order valence-corrected chi connectivity index (χ0v) is 21.0. The van der Waals surface area contributed by atoms with Crippen molar-refractivity contribution < 1.29 is 61.4 Å². The van der Waals surface area contributed by atoms with Gasteiger partial charge >= 0.3 is 11.0 Å². The first-order valence-corrected chi connectivity index (χ1v) is 12.6. The molecule has 0 fully saturated rings. The van der Waals surface area contributed by atoms with E-state index in [0.29, 0.717) is 0 Å². The number of alkyl halides is 6. The van der Waals surface area contributed by atoms with Crippen molar-refractivity contribution in [3.05, 3.63) is 73.3 Å². The van der Waals surface area contributed by atoms with E-state index in [2.05, 4.69) is 29.2 Å². The zero-order valence-electron chi connectivity index (χ0n) is 19.4. The average Bonchev–Trinajstić information content (AvgIpc) is 2.76. The molecule has 0 unspecified atom stereocenters. The van der Waals surface area contributed by atoms with E-state index in [1.54, 1.807) is 0 Å². The molecule has 2 heterocycles. The Morgan fingerprint density at radius 1 is 0.684 bits per heavy atom. The second-order valence-electron chi connectivity index (χ2n) is 7.14. The largest absolute Gasteiger partial charge is 0.741 e. The highest BCUT2D eigenvalue weighted by Gasteiger charge is 2.37. The lowest BCUT2D eigenvalue weighted by atomic mass is 10.2. The molecule has 210 valence electrons. The summed E-state index contributed by atoms with van der Waals surface area (Å²) in [4.78, 5) is 2.16. The van der Waals surface area contributed by atoms with Crippen LogP contribution >= 0.6 is 0 Å². The number of nitrogens with zero attached hydrogens (tertiary/aromatic N) is 3. The first-order valence-electron chi connectivity index (χ1n) is 9.74. The van der Waals surface area contributed by atoms with Gasteiger partial charge in [0.2, 0.25) is 0 Å². The number of rotatable bonds is 3. The van der Waals surface area contributed by atoms with E-state index in [-0.39, 0.29) is 0 Å². The number of nitrogens with two attached hydrogens (primary N) is 1. The molecule has 0 aliphatic carbocycles. The van der Waals surface area contributed by atoms with E-state index in [1.807, 2.05) is 72.3 Å². The third-order valence-corrected chi connectivity index (χ3v) is 5.32. The van der Waals surface area contributed by atoms with Crippen LogP contribution in [0.1, 0.15) is 0 Å². The lowest BCUT2D eigenvalue weighted by molar-refractivity contribution is -0.671. The molecule has 0 atom stereocenters. The second kappa shape index (κ2) is 12.4. The minimum atomic E-state index is -6.09. The van der Waals surface area contributed by atoms with E-state index < -0.39 is 31.3 Å². The molecular formula is C20H20F6N4O6S2. The average molecular weight is 591 g/mol. The molecule has 0 bridgehead atoms. The Bertz CT molecular complexity index is 1330. The highest BCUT2D eigenvalue weighted by atomic mass is 32.2. The molecule has 0 aliphatic rings. The summed E-state index contributed by atoms with van der Waals surface area (Å²) in [5, 5.41) is 0. The maximum absolute atomic E-state index is 10.7. The van der Waals surface area contributed by atoms with Gasteiger partial charge in [-0.05, 0) is 12.1 Å². The topological polar surface area (TPSA) is 151 Å². The van der Waals surface area contributed by atoms with Crippen LogP contribution in [0.5, 0.6) is 0 Å². The molecule has 18 heteroatoms. The Kier molecular flexibility index (Phi) is 10.6. The number of nitrogen functional groups attached to an aromatic ring is 1. The Labute approximate surface area is 213 Å². The van der Waals surface area contributed by atoms with Crippen LogP contribution < -0.4 is 19.8 Å². The molecule has 3 rings (SSSR count). The first-order chi connectivity index (χ1) is 17.1. The smallest absolute Gasteiger partial charge is 0.485 e. The molecular weight excluding hydrogens is 570 g/mol. The molecule has 2 N–H and O–H groups in total. The molecule has 3 aromatic rings. The minimum Gasteiger partial charge on any atom is -0.741 e. The van der Waals surface area contributed by atoms with Crippen LogP contribution in [0, 0.1) is 0 Å². The summed E-state index contributed by atoms with van der Waals surface area (Å²) in [6, 6.07) is 16.2. The fraction of sp³-hybridized carbons (Fsp3) is 0.200. The molecule has 0 saturated heterocycles. The Hall–Kier alpha value is -3.48. The van der Waals surface area contributed by atoms with Gasteiger partial charge in [-0.15, -0.1) is 0 Å². The SMILES string of the molecule is C[n+]1ccc(N(c2cc[n+](C)cc2)c2ccccc2N)cc1.O=S(=O)([O-])C(F)(F)F.O=S(=O)([O-])C(F)(F)F. The number of aromatic nitrogens is 2. The predicted octanol–water partition coefficient (Wildman–Crippen LogP) is 2.49. The van der Waals surface area contributed by atoms with E-state index in [9.17, 15) is 26.3 Å². The Morgan fingerprint density at radius 3 is 1.24 bits per heavy atom. The number of pyridine rings is 2. The van der Waals surface area contributed by atoms with E-state index >= 15 is 0 Å². The molecule has 0 spiro atoms. The summed E-state index contributed by atoms with van der Waals surface area (Å²) in [6.45, 7) is 0. The molecule has 0 radical (unpaired) electrons. The van der Waals surface area contributed by atoms with Gasteiger partial charge in [0, 0.05) is 24.3 Å². The van der Waals surface area contributed by atoms with Crippen molar-refractivity contribution in [2.45, 2.75) is 11.0 Å². The number of hydrogen-bond donors (Lipinski definition) is 1. The van der Waals surface area contributed by atoms with E-state index in [4.69, 9.17) is 31.7 Å². The standard InChI is InChI=1S/C18H20N4.2CHF3O3S/c1-20-11-7-15(8-12-20)22(16-9-13-21(2)14-10-16)18-6-4-3-5-17(18)19;2*2-1(3,4)8(5,6)7/h3-14H,19H2,1-2H3;2*(H,5,6,7)/q+2;;/p-2. The molecule has 2 aromatic heterocycles. The van der Waals surface area contributed by atoms with Crippen LogP contribution in [-0.2, 0) is 34.3 Å². The van der Waals surface area contributed by atoms with Crippen molar-refractivity contribution in [1.29, 1.82) is 0 Å². The van der Waals surface area contributed by atoms with Crippen molar-refractivity contribution in [3.8, 4) is 0 Å². The van der Waals surface area contributed by atoms with Gasteiger partial charge in [-0.3, -0.25) is 0 Å². The Balaban J connectivity index is 0.000000374. The van der Waals surface area contributed by atoms with Crippen molar-refractivity contribution in [1.82, 2.24) is 0 Å². The molecule has 1 aromatic carbocycles. The summed E-state index contributed by atoms with van der Waals surface area (Å²) in [6.07, 6.45) is 8.13. The third kappa shape index (κ3) is 9.77. The van der Waals surface area contributed by atoms with Crippen LogP contribution in [-0.4, -0.2) is 37.0 Å². The molecule has 0 saturated carbocycles. The summed E-state index contributed by atoms with van der Waals surface area (Å²) >= 11 is 0. The number of hydrogen-bond acceptors (Lipinski definition) is 8. The second-order valence-corrected chi connectivity index (χ2v) is 9.88. The van der Waals surface area contributed by atoms with Gasteiger partial charge in [0.25, 0.3) is 0 Å². The van der Waals surface area contributed by atoms with Gasteiger partial charge in [-0.25, -0.2) is 26.0 Å². The van der Waals surface area contributed by atoms with E-state index in [1.165, 1.54) is 0 Å². The van der Waals surface area contributed by atoms with Crippen LogP contribution in [0.15, 0.2) is 73.3 Å². The number of para-hydroxylation sites is 2. The van der Waals surface area contributed by atoms with Crippen LogP contribution in [0.2, 0.25) is 0 Å². The summed E-state index contributed by atoms with van der Waals surface area (Å²) < 4.78 is 122. The molecule has 0 aliphatic heterocycles. The molecule has 38 heavy (non-hydrogen) atoms. The highest BCUT2D eigenvalue weighted by molar-refractivity contribution is 7.86. The van der Waals surface area contributed by atoms with Gasteiger partial charge in [-0.2, -0.15) is 26.3 Å². The summed E-state index contributed by atoms with van der Waals surface area (Å²) in [5.41, 5.74) is -1.21. The van der Waals surface area contributed by atoms with Crippen molar-refractivity contribution in [2.24, 2.45) is 14.1 Å². The monoisotopic (exact) mass is 590 g/mol. The van der Waals surface area contributed by atoms with Gasteiger partial charge < -0.3 is 19.7 Å². The fourth-order valence-electron chi connectivity index (χ4n) is 2.40. The summed E-state index contributed by atoms with van der Waals surface area (Å²) in [5.74, 6) is 0. The summed E-state index contributed by atoms with van der Waals surface area (Å²) in [7, 11) is -8.17. The van der Waals surface area contributed by atoms with Gasteiger partial charge in [0.1, 0.15) is 14.1 Å². The van der Waals surface area contributed by atoms with Crippen LogP contribution in [0.4, 0.5) is 49.1 Å². The van der Waals surface area contributed by atoms with Crippen LogP contribution in [0.3, 0.4) is 0 Å². The molecule has 10 nitrogen and oxygen atoms in total. The predicted molar refractivity (Wildman–Crippen MR) is 119 cm³/mol. The van der Waals surface area contributed by atoms with Gasteiger partial charge in [-0.1, -0.05) is 12.1 Å². The normalized spacial score (nSPS) is 11.9. The van der Waals surface area contributed by atoms with Gasteiger partial charge in [0.15, 0.2) is 45.0 Å². The number of aryl methyl sites for hydroxylation is 2. The number of halogens is 6. The number of benzene rings is 1. The fourth-order valence-corrected chi connectivity index (χ4v) is 2.40. The zero-order chi connectivity index (χ0) is 29.5. The van der Waals surface area contributed by atoms with Crippen molar-refractivity contribution >= 4 is 43.0 Å². The highest BCUT2D eigenvalue weighted by Crippen LogP contribution is 2.36. The quantitative estimate of drug-likeness (QED) is 0.161. The van der Waals surface area contributed by atoms with Gasteiger partial charge in [0.05, 0.1) is 22.7 Å². The minimum absolute atomic E-state index is 0.754. The molecule has 0 amide bonds.